The van der Waals surface area contributed by atoms with Gasteiger partial charge in [0.05, 0.1) is 11.5 Å². The first-order valence-electron chi connectivity index (χ1n) is 8.11. The third kappa shape index (κ3) is 5.74. The number of hydrogen-bond donors (Lipinski definition) is 1. The highest BCUT2D eigenvalue weighted by molar-refractivity contribution is 7.91. The molecule has 138 valence electrons. The zero-order valence-corrected chi connectivity index (χ0v) is 15.3. The summed E-state index contributed by atoms with van der Waals surface area (Å²) in [6, 6.07) is 6.81. The maximum absolute atomic E-state index is 12.1. The van der Waals surface area contributed by atoms with Gasteiger partial charge in [-0.3, -0.25) is 4.79 Å². The number of amides is 1. The van der Waals surface area contributed by atoms with E-state index in [1.165, 1.54) is 6.92 Å². The van der Waals surface area contributed by atoms with Gasteiger partial charge in [0, 0.05) is 6.04 Å². The Bertz CT molecular complexity index is 745. The van der Waals surface area contributed by atoms with Crippen LogP contribution in [-0.2, 0) is 24.2 Å². The van der Waals surface area contributed by atoms with E-state index in [4.69, 9.17) is 9.47 Å². The lowest BCUT2D eigenvalue weighted by Crippen LogP contribution is -2.43. The van der Waals surface area contributed by atoms with Crippen molar-refractivity contribution >= 4 is 21.7 Å². The minimum Gasteiger partial charge on any atom is -0.479 e. The summed E-state index contributed by atoms with van der Waals surface area (Å²) in [4.78, 5) is 24.1. The highest BCUT2D eigenvalue weighted by Gasteiger charge is 2.31. The average molecular weight is 369 g/mol. The second-order valence-electron chi connectivity index (χ2n) is 6.26. The molecule has 1 fully saturated rings. The van der Waals surface area contributed by atoms with Crippen LogP contribution in [0.15, 0.2) is 24.3 Å². The summed E-state index contributed by atoms with van der Waals surface area (Å²) in [5.74, 6) is -0.654. The van der Waals surface area contributed by atoms with Crippen LogP contribution >= 0.6 is 0 Å². The van der Waals surface area contributed by atoms with E-state index in [0.717, 1.165) is 5.56 Å². The van der Waals surface area contributed by atoms with Crippen molar-refractivity contribution in [3.8, 4) is 5.75 Å². The molecule has 1 N–H and O–H groups in total. The maximum atomic E-state index is 12.1. The van der Waals surface area contributed by atoms with E-state index in [1.807, 2.05) is 19.1 Å². The molecular weight excluding hydrogens is 346 g/mol. The van der Waals surface area contributed by atoms with Gasteiger partial charge in [-0.25, -0.2) is 13.2 Å². The van der Waals surface area contributed by atoms with Gasteiger partial charge in [-0.2, -0.15) is 0 Å². The third-order valence-corrected chi connectivity index (χ3v) is 5.64. The largest absolute Gasteiger partial charge is 0.479 e. The molecule has 0 aliphatic carbocycles. The van der Waals surface area contributed by atoms with Gasteiger partial charge in [-0.1, -0.05) is 12.1 Å². The Hall–Kier alpha value is -2.09. The van der Waals surface area contributed by atoms with E-state index < -0.39 is 40.0 Å². The van der Waals surface area contributed by atoms with E-state index in [-0.39, 0.29) is 11.5 Å². The first kappa shape index (κ1) is 19.2. The molecule has 1 aromatic rings. The predicted molar refractivity (Wildman–Crippen MR) is 92.0 cm³/mol. The number of hydrogen-bond acceptors (Lipinski definition) is 6. The van der Waals surface area contributed by atoms with Gasteiger partial charge in [-0.15, -0.1) is 0 Å². The molecule has 1 aromatic carbocycles. The van der Waals surface area contributed by atoms with Crippen molar-refractivity contribution in [2.24, 2.45) is 0 Å². The Morgan fingerprint density at radius 3 is 2.56 bits per heavy atom. The molecule has 25 heavy (non-hydrogen) atoms. The lowest BCUT2D eigenvalue weighted by atomic mass is 10.2. The van der Waals surface area contributed by atoms with E-state index in [9.17, 15) is 18.0 Å². The Morgan fingerprint density at radius 1 is 1.24 bits per heavy atom. The smallest absolute Gasteiger partial charge is 0.347 e. The predicted octanol–water partition coefficient (Wildman–Crippen LogP) is 0.997. The summed E-state index contributed by atoms with van der Waals surface area (Å²) in [5.41, 5.74) is 0.998. The lowest BCUT2D eigenvalue weighted by molar-refractivity contribution is -0.161. The van der Waals surface area contributed by atoms with Gasteiger partial charge in [0.1, 0.15) is 5.75 Å². The van der Waals surface area contributed by atoms with Gasteiger partial charge < -0.3 is 14.8 Å². The number of nitrogens with one attached hydrogen (secondary N) is 1. The van der Waals surface area contributed by atoms with Gasteiger partial charge in [-0.05, 0) is 44.9 Å². The fourth-order valence-corrected chi connectivity index (χ4v) is 4.17. The van der Waals surface area contributed by atoms with Gasteiger partial charge in [0.25, 0.3) is 5.91 Å². The zero-order valence-electron chi connectivity index (χ0n) is 14.5. The number of ether oxygens (including phenoxy) is 2. The molecule has 2 rings (SSSR count). The first-order valence-corrected chi connectivity index (χ1v) is 9.93. The van der Waals surface area contributed by atoms with Gasteiger partial charge in [0.15, 0.2) is 22.0 Å². The van der Waals surface area contributed by atoms with Crippen molar-refractivity contribution in [3.63, 3.8) is 0 Å². The van der Waals surface area contributed by atoms with E-state index >= 15 is 0 Å². The van der Waals surface area contributed by atoms with Crippen LogP contribution in [-0.4, -0.2) is 50.0 Å². The molecule has 1 heterocycles. The maximum Gasteiger partial charge on any atom is 0.347 e. The van der Waals surface area contributed by atoms with Crippen molar-refractivity contribution in [2.75, 3.05) is 11.5 Å². The third-order valence-electron chi connectivity index (χ3n) is 3.88. The van der Waals surface area contributed by atoms with Gasteiger partial charge in [0.2, 0.25) is 0 Å². The zero-order chi connectivity index (χ0) is 18.6. The normalized spacial score (nSPS) is 21.2. The molecule has 3 atom stereocenters. The number of sulfone groups is 1. The van der Waals surface area contributed by atoms with Crippen molar-refractivity contribution < 1.29 is 27.5 Å². The summed E-state index contributed by atoms with van der Waals surface area (Å²) < 4.78 is 33.4. The molecule has 1 saturated heterocycles. The number of carbonyl (C=O) groups excluding carboxylic acids is 2. The summed E-state index contributed by atoms with van der Waals surface area (Å²) in [6.45, 7) is 4.89. The molecule has 0 unspecified atom stereocenters. The van der Waals surface area contributed by atoms with Crippen molar-refractivity contribution in [2.45, 2.75) is 45.4 Å². The molecule has 0 radical (unpaired) electrons. The molecule has 8 heteroatoms. The number of carbonyl (C=O) groups is 2. The van der Waals surface area contributed by atoms with Crippen LogP contribution in [0.25, 0.3) is 0 Å². The standard InChI is InChI=1S/C17H23NO6S/c1-11-5-4-6-15(9-11)23-13(3)17(20)24-12(2)16(19)18-14-7-8-25(21,22)10-14/h4-6,9,12-14H,7-8,10H2,1-3H3,(H,18,19)/t12-,13+,14+/m0/s1. The van der Waals surface area contributed by atoms with Crippen molar-refractivity contribution in [1.29, 1.82) is 0 Å². The summed E-state index contributed by atoms with van der Waals surface area (Å²) in [5, 5.41) is 2.60. The first-order chi connectivity index (χ1) is 11.7. The molecule has 1 amide bonds. The van der Waals surface area contributed by atoms with E-state index in [2.05, 4.69) is 5.32 Å². The number of aryl methyl sites for hydroxylation is 1. The number of esters is 1. The monoisotopic (exact) mass is 369 g/mol. The van der Waals surface area contributed by atoms with Crippen molar-refractivity contribution in [3.05, 3.63) is 29.8 Å². The molecule has 0 saturated carbocycles. The molecule has 0 bridgehead atoms. The topological polar surface area (TPSA) is 98.8 Å². The fourth-order valence-electron chi connectivity index (χ4n) is 2.49. The average Bonchev–Trinajstić information content (AvgIpc) is 2.85. The summed E-state index contributed by atoms with van der Waals surface area (Å²) in [7, 11) is -3.08. The Labute approximate surface area is 147 Å². The van der Waals surface area contributed by atoms with Crippen LogP contribution < -0.4 is 10.1 Å². The highest BCUT2D eigenvalue weighted by atomic mass is 32.2. The Balaban J connectivity index is 1.83. The van der Waals surface area contributed by atoms with E-state index in [0.29, 0.717) is 12.2 Å². The molecule has 1 aliphatic heterocycles. The Kier molecular flexibility index (Phi) is 6.05. The summed E-state index contributed by atoms with van der Waals surface area (Å²) in [6.07, 6.45) is -1.52. The summed E-state index contributed by atoms with van der Waals surface area (Å²) >= 11 is 0. The SMILES string of the molecule is Cc1cccc(O[C@H](C)C(=O)O[C@@H](C)C(=O)N[C@@H]2CCS(=O)(=O)C2)c1. The molecule has 0 aromatic heterocycles. The lowest BCUT2D eigenvalue weighted by Gasteiger charge is -2.19. The van der Waals surface area contributed by atoms with Crippen molar-refractivity contribution in [1.82, 2.24) is 5.32 Å². The highest BCUT2D eigenvalue weighted by Crippen LogP contribution is 2.15. The van der Waals surface area contributed by atoms with Crippen LogP contribution in [0.1, 0.15) is 25.8 Å². The second-order valence-corrected chi connectivity index (χ2v) is 8.49. The van der Waals surface area contributed by atoms with Crippen LogP contribution in [0.5, 0.6) is 5.75 Å². The van der Waals surface area contributed by atoms with Crippen LogP contribution in [0, 0.1) is 6.92 Å². The number of benzene rings is 1. The molecule has 0 spiro atoms. The second kappa shape index (κ2) is 7.86. The molecular formula is C17H23NO6S. The molecule has 7 nitrogen and oxygen atoms in total. The van der Waals surface area contributed by atoms with Crippen LogP contribution in [0.3, 0.4) is 0 Å². The van der Waals surface area contributed by atoms with Gasteiger partial charge >= 0.3 is 5.97 Å². The minimum absolute atomic E-state index is 0.0630. The fraction of sp³-hybridized carbons (Fsp3) is 0.529. The minimum atomic E-state index is -3.08. The van der Waals surface area contributed by atoms with E-state index in [1.54, 1.807) is 19.1 Å². The number of rotatable bonds is 6. The van der Waals surface area contributed by atoms with Crippen LogP contribution in [0.2, 0.25) is 0 Å². The molecule has 1 aliphatic rings. The quantitative estimate of drug-likeness (QED) is 0.751. The Morgan fingerprint density at radius 2 is 1.96 bits per heavy atom. The van der Waals surface area contributed by atoms with Crippen LogP contribution in [0.4, 0.5) is 0 Å².